The van der Waals surface area contributed by atoms with Crippen molar-refractivity contribution in [3.05, 3.63) is 0 Å². The summed E-state index contributed by atoms with van der Waals surface area (Å²) in [6.07, 6.45) is 0.916. The molecule has 1 heterocycles. The van der Waals surface area contributed by atoms with Gasteiger partial charge in [0, 0.05) is 26.2 Å². The summed E-state index contributed by atoms with van der Waals surface area (Å²) in [6, 6.07) is 0. The molecule has 0 aliphatic carbocycles. The highest BCUT2D eigenvalue weighted by atomic mass is 16.3. The lowest BCUT2D eigenvalue weighted by atomic mass is 10.0. The number of aliphatic hydroxyl groups excluding tert-OH is 1. The molecule has 3 unspecified atom stereocenters. The summed E-state index contributed by atoms with van der Waals surface area (Å²) in [7, 11) is 0. The predicted molar refractivity (Wildman–Crippen MR) is 63.9 cm³/mol. The van der Waals surface area contributed by atoms with Crippen LogP contribution < -0.4 is 5.32 Å². The molecule has 15 heavy (non-hydrogen) atoms. The van der Waals surface area contributed by atoms with Gasteiger partial charge in [-0.3, -0.25) is 0 Å². The molecule has 2 N–H and O–H groups in total. The normalized spacial score (nSPS) is 29.6. The molecule has 90 valence electrons. The van der Waals surface area contributed by atoms with Gasteiger partial charge in [0.25, 0.3) is 0 Å². The Labute approximate surface area is 93.9 Å². The minimum atomic E-state index is -0.214. The van der Waals surface area contributed by atoms with Crippen molar-refractivity contribution in [3.63, 3.8) is 0 Å². The van der Waals surface area contributed by atoms with Gasteiger partial charge in [0.15, 0.2) is 0 Å². The third-order valence-electron chi connectivity index (χ3n) is 3.34. The van der Waals surface area contributed by atoms with Crippen molar-refractivity contribution in [3.8, 4) is 0 Å². The Kier molecular flexibility index (Phi) is 5.58. The van der Waals surface area contributed by atoms with Crippen LogP contribution in [0.2, 0.25) is 0 Å². The highest BCUT2D eigenvalue weighted by Crippen LogP contribution is 2.21. The maximum Gasteiger partial charge on any atom is 0.0791 e. The van der Waals surface area contributed by atoms with Crippen molar-refractivity contribution < 1.29 is 5.11 Å². The van der Waals surface area contributed by atoms with Crippen LogP contribution in [-0.4, -0.2) is 48.8 Å². The average molecular weight is 214 g/mol. The van der Waals surface area contributed by atoms with E-state index in [9.17, 15) is 5.11 Å². The lowest BCUT2D eigenvalue weighted by molar-refractivity contribution is 0.121. The third kappa shape index (κ3) is 4.49. The van der Waals surface area contributed by atoms with Gasteiger partial charge < -0.3 is 15.3 Å². The SMILES string of the molecule is CCCNCC(O)CN1CC(C)C(C)C1. The Hall–Kier alpha value is -0.120. The van der Waals surface area contributed by atoms with Crippen molar-refractivity contribution in [2.24, 2.45) is 11.8 Å². The quantitative estimate of drug-likeness (QED) is 0.646. The van der Waals surface area contributed by atoms with Crippen LogP contribution in [0.25, 0.3) is 0 Å². The Morgan fingerprint density at radius 2 is 1.93 bits per heavy atom. The van der Waals surface area contributed by atoms with Gasteiger partial charge in [-0.05, 0) is 24.8 Å². The van der Waals surface area contributed by atoms with Crippen LogP contribution in [0.1, 0.15) is 27.2 Å². The van der Waals surface area contributed by atoms with E-state index < -0.39 is 0 Å². The van der Waals surface area contributed by atoms with Gasteiger partial charge in [-0.25, -0.2) is 0 Å². The molecule has 0 amide bonds. The van der Waals surface area contributed by atoms with E-state index in [2.05, 4.69) is 31.0 Å². The Morgan fingerprint density at radius 3 is 2.47 bits per heavy atom. The van der Waals surface area contributed by atoms with Crippen molar-refractivity contribution in [2.75, 3.05) is 32.7 Å². The van der Waals surface area contributed by atoms with E-state index in [0.29, 0.717) is 0 Å². The third-order valence-corrected chi connectivity index (χ3v) is 3.34. The number of hydrogen-bond donors (Lipinski definition) is 2. The zero-order valence-electron chi connectivity index (χ0n) is 10.4. The van der Waals surface area contributed by atoms with E-state index in [1.807, 2.05) is 0 Å². The zero-order chi connectivity index (χ0) is 11.3. The van der Waals surface area contributed by atoms with Gasteiger partial charge in [0.2, 0.25) is 0 Å². The van der Waals surface area contributed by atoms with Crippen LogP contribution >= 0.6 is 0 Å². The van der Waals surface area contributed by atoms with E-state index in [0.717, 1.165) is 51.0 Å². The molecule has 1 aliphatic heterocycles. The molecule has 0 saturated carbocycles. The van der Waals surface area contributed by atoms with Gasteiger partial charge in [-0.15, -0.1) is 0 Å². The molecule has 1 rings (SSSR count). The zero-order valence-corrected chi connectivity index (χ0v) is 10.4. The lowest BCUT2D eigenvalue weighted by Crippen LogP contribution is -2.37. The summed E-state index contributed by atoms with van der Waals surface area (Å²) in [5, 5.41) is 13.1. The van der Waals surface area contributed by atoms with Gasteiger partial charge in [0.05, 0.1) is 6.10 Å². The second-order valence-electron chi connectivity index (χ2n) is 5.03. The van der Waals surface area contributed by atoms with Gasteiger partial charge in [-0.2, -0.15) is 0 Å². The summed E-state index contributed by atoms with van der Waals surface area (Å²) in [6.45, 7) is 11.6. The fourth-order valence-electron chi connectivity index (χ4n) is 2.21. The lowest BCUT2D eigenvalue weighted by Gasteiger charge is -2.20. The molecule has 1 aliphatic rings. The van der Waals surface area contributed by atoms with Crippen LogP contribution in [0.15, 0.2) is 0 Å². The number of rotatable bonds is 6. The Bertz CT molecular complexity index is 165. The van der Waals surface area contributed by atoms with E-state index in [-0.39, 0.29) is 6.10 Å². The number of nitrogens with zero attached hydrogens (tertiary/aromatic N) is 1. The first-order valence-electron chi connectivity index (χ1n) is 6.24. The summed E-state index contributed by atoms with van der Waals surface area (Å²) >= 11 is 0. The first kappa shape index (κ1) is 12.9. The van der Waals surface area contributed by atoms with Crippen molar-refractivity contribution in [1.29, 1.82) is 0 Å². The minimum absolute atomic E-state index is 0.214. The molecule has 0 aromatic rings. The first-order valence-corrected chi connectivity index (χ1v) is 6.24. The summed E-state index contributed by atoms with van der Waals surface area (Å²) in [5.41, 5.74) is 0. The standard InChI is InChI=1S/C12H26N2O/c1-4-5-13-6-12(15)9-14-7-10(2)11(3)8-14/h10-13,15H,4-9H2,1-3H3. The second kappa shape index (κ2) is 6.46. The molecule has 0 spiro atoms. The molecule has 0 aromatic carbocycles. The fraction of sp³-hybridized carbons (Fsp3) is 1.00. The summed E-state index contributed by atoms with van der Waals surface area (Å²) in [4.78, 5) is 2.38. The Morgan fingerprint density at radius 1 is 1.33 bits per heavy atom. The summed E-state index contributed by atoms with van der Waals surface area (Å²) in [5.74, 6) is 1.56. The van der Waals surface area contributed by atoms with Gasteiger partial charge >= 0.3 is 0 Å². The Balaban J connectivity index is 2.13. The topological polar surface area (TPSA) is 35.5 Å². The maximum atomic E-state index is 9.80. The minimum Gasteiger partial charge on any atom is -0.390 e. The smallest absolute Gasteiger partial charge is 0.0791 e. The highest BCUT2D eigenvalue weighted by Gasteiger charge is 2.26. The molecule has 0 aromatic heterocycles. The van der Waals surface area contributed by atoms with Crippen molar-refractivity contribution in [2.45, 2.75) is 33.3 Å². The molecule has 3 atom stereocenters. The maximum absolute atomic E-state index is 9.80. The van der Waals surface area contributed by atoms with E-state index in [1.54, 1.807) is 0 Å². The van der Waals surface area contributed by atoms with Crippen LogP contribution in [0.5, 0.6) is 0 Å². The second-order valence-corrected chi connectivity index (χ2v) is 5.03. The molecule has 1 fully saturated rings. The largest absolute Gasteiger partial charge is 0.390 e. The molecule has 3 heteroatoms. The van der Waals surface area contributed by atoms with Crippen molar-refractivity contribution >= 4 is 0 Å². The average Bonchev–Trinajstić information content (AvgIpc) is 2.46. The molecule has 0 radical (unpaired) electrons. The first-order chi connectivity index (χ1) is 7.13. The number of β-amino-alcohol motifs (C(OH)–C–C–N with tert-alkyl or cyclic N) is 1. The van der Waals surface area contributed by atoms with Crippen LogP contribution in [0, 0.1) is 11.8 Å². The summed E-state index contributed by atoms with van der Waals surface area (Å²) < 4.78 is 0. The van der Waals surface area contributed by atoms with E-state index in [1.165, 1.54) is 0 Å². The van der Waals surface area contributed by atoms with Gasteiger partial charge in [-0.1, -0.05) is 20.8 Å². The molecule has 1 saturated heterocycles. The monoisotopic (exact) mass is 214 g/mol. The number of hydrogen-bond acceptors (Lipinski definition) is 3. The highest BCUT2D eigenvalue weighted by molar-refractivity contribution is 4.80. The fourth-order valence-corrected chi connectivity index (χ4v) is 2.21. The molecular weight excluding hydrogens is 188 g/mol. The van der Waals surface area contributed by atoms with Crippen LogP contribution in [-0.2, 0) is 0 Å². The molecule has 3 nitrogen and oxygen atoms in total. The van der Waals surface area contributed by atoms with Crippen molar-refractivity contribution in [1.82, 2.24) is 10.2 Å². The molecule has 0 bridgehead atoms. The van der Waals surface area contributed by atoms with E-state index in [4.69, 9.17) is 0 Å². The number of likely N-dealkylation sites (tertiary alicyclic amines) is 1. The number of aliphatic hydroxyl groups is 1. The van der Waals surface area contributed by atoms with Crippen LogP contribution in [0.4, 0.5) is 0 Å². The molecular formula is C12H26N2O. The number of nitrogens with one attached hydrogen (secondary N) is 1. The predicted octanol–water partition coefficient (Wildman–Crippen LogP) is 0.935. The van der Waals surface area contributed by atoms with Gasteiger partial charge in [0.1, 0.15) is 0 Å². The van der Waals surface area contributed by atoms with Crippen LogP contribution in [0.3, 0.4) is 0 Å². The van der Waals surface area contributed by atoms with E-state index >= 15 is 0 Å².